The number of benzene rings is 2. The van der Waals surface area contributed by atoms with Crippen molar-refractivity contribution in [2.45, 2.75) is 25.9 Å². The molecule has 0 bridgehead atoms. The summed E-state index contributed by atoms with van der Waals surface area (Å²) in [6, 6.07) is 13.8. The second-order valence-corrected chi connectivity index (χ2v) is 6.51. The van der Waals surface area contributed by atoms with E-state index in [0.717, 1.165) is 5.56 Å². The van der Waals surface area contributed by atoms with Crippen molar-refractivity contribution in [1.82, 2.24) is 5.32 Å². The molecule has 0 aromatic heterocycles. The van der Waals surface area contributed by atoms with Gasteiger partial charge < -0.3 is 15.2 Å². The van der Waals surface area contributed by atoms with Crippen molar-refractivity contribution in [3.8, 4) is 5.75 Å². The Hall–Kier alpha value is -1.53. The molecule has 0 fully saturated rings. The average molecular weight is 386 g/mol. The third-order valence-corrected chi connectivity index (χ3v) is 3.87. The van der Waals surface area contributed by atoms with Gasteiger partial charge in [-0.2, -0.15) is 0 Å². The number of carbonyl (C=O) groups is 2. The number of halogens is 1. The second-order valence-electron chi connectivity index (χ2n) is 6.07. The molecule has 2 rings (SSSR count). The van der Waals surface area contributed by atoms with Gasteiger partial charge in [0.25, 0.3) is 5.91 Å². The van der Waals surface area contributed by atoms with Gasteiger partial charge in [0.1, 0.15) is 5.75 Å². The SMILES string of the molecule is CC(C)(Oc1ccc(CCNC(=O)c2ccc(Cl)cc2)cc1)C(=O)O.[NaH]. The maximum absolute atomic E-state index is 12.0. The minimum atomic E-state index is -1.28. The summed E-state index contributed by atoms with van der Waals surface area (Å²) in [5, 5.41) is 12.5. The first kappa shape index (κ1) is 22.5. The summed E-state index contributed by atoms with van der Waals surface area (Å²) >= 11 is 5.80. The molecule has 0 heterocycles. The van der Waals surface area contributed by atoms with E-state index in [1.54, 1.807) is 36.4 Å². The number of rotatable bonds is 7. The molecular weight excluding hydrogens is 365 g/mol. The molecule has 0 atom stereocenters. The second kappa shape index (κ2) is 9.97. The van der Waals surface area contributed by atoms with E-state index in [2.05, 4.69) is 5.32 Å². The molecule has 0 spiro atoms. The number of carbonyl (C=O) groups excluding carboxylic acids is 1. The van der Waals surface area contributed by atoms with Gasteiger partial charge in [0.15, 0.2) is 5.60 Å². The van der Waals surface area contributed by atoms with E-state index in [0.29, 0.717) is 29.3 Å². The van der Waals surface area contributed by atoms with E-state index in [1.165, 1.54) is 13.8 Å². The molecule has 1 amide bonds. The third-order valence-electron chi connectivity index (χ3n) is 3.62. The molecule has 0 saturated heterocycles. The predicted molar refractivity (Wildman–Crippen MR) is 103 cm³/mol. The van der Waals surface area contributed by atoms with Gasteiger partial charge >= 0.3 is 35.5 Å². The molecule has 5 nitrogen and oxygen atoms in total. The predicted octanol–water partition coefficient (Wildman–Crippen LogP) is 2.91. The molecule has 0 aliphatic rings. The zero-order valence-electron chi connectivity index (χ0n) is 14.1. The van der Waals surface area contributed by atoms with Gasteiger partial charge in [-0.25, -0.2) is 4.79 Å². The number of carboxylic acid groups (broad SMARTS) is 1. The topological polar surface area (TPSA) is 75.6 Å². The first-order valence-corrected chi connectivity index (χ1v) is 8.21. The van der Waals surface area contributed by atoms with Crippen LogP contribution in [0.3, 0.4) is 0 Å². The Morgan fingerprint density at radius 1 is 1.08 bits per heavy atom. The molecule has 134 valence electrons. The van der Waals surface area contributed by atoms with E-state index in [9.17, 15) is 9.59 Å². The van der Waals surface area contributed by atoms with Crippen LogP contribution in [0.25, 0.3) is 0 Å². The van der Waals surface area contributed by atoms with Crippen molar-refractivity contribution >= 4 is 53.0 Å². The van der Waals surface area contributed by atoms with E-state index >= 15 is 0 Å². The molecule has 2 N–H and O–H groups in total. The summed E-state index contributed by atoms with van der Waals surface area (Å²) in [6.07, 6.45) is 0.655. The fraction of sp³-hybridized carbons (Fsp3) is 0.263. The van der Waals surface area contributed by atoms with E-state index in [4.69, 9.17) is 21.4 Å². The zero-order chi connectivity index (χ0) is 18.4. The first-order chi connectivity index (χ1) is 11.8. The Morgan fingerprint density at radius 2 is 1.65 bits per heavy atom. The molecule has 26 heavy (non-hydrogen) atoms. The van der Waals surface area contributed by atoms with Crippen LogP contribution in [0.15, 0.2) is 48.5 Å². The molecule has 2 aromatic rings. The first-order valence-electron chi connectivity index (χ1n) is 7.83. The van der Waals surface area contributed by atoms with Crippen LogP contribution in [-0.4, -0.2) is 58.7 Å². The van der Waals surface area contributed by atoms with Crippen molar-refractivity contribution in [2.24, 2.45) is 0 Å². The number of hydrogen-bond donors (Lipinski definition) is 2. The maximum atomic E-state index is 12.0. The molecule has 0 unspecified atom stereocenters. The van der Waals surface area contributed by atoms with E-state index in [1.807, 2.05) is 12.1 Å². The Balaban J connectivity index is 0.00000338. The van der Waals surface area contributed by atoms with Crippen LogP contribution in [-0.2, 0) is 11.2 Å². The molecule has 0 aliphatic carbocycles. The number of aliphatic carboxylic acids is 1. The fourth-order valence-electron chi connectivity index (χ4n) is 2.09. The Bertz CT molecular complexity index is 745. The van der Waals surface area contributed by atoms with Crippen LogP contribution in [0, 0.1) is 0 Å². The Morgan fingerprint density at radius 3 is 2.19 bits per heavy atom. The number of ether oxygens (including phenoxy) is 1. The zero-order valence-corrected chi connectivity index (χ0v) is 14.8. The van der Waals surface area contributed by atoms with Gasteiger partial charge in [-0.15, -0.1) is 0 Å². The summed E-state index contributed by atoms with van der Waals surface area (Å²) in [5.41, 5.74) is 0.287. The van der Waals surface area contributed by atoms with Crippen LogP contribution < -0.4 is 10.1 Å². The number of carboxylic acids is 1. The monoisotopic (exact) mass is 385 g/mol. The third kappa shape index (κ3) is 6.65. The van der Waals surface area contributed by atoms with Gasteiger partial charge in [-0.3, -0.25) is 4.79 Å². The van der Waals surface area contributed by atoms with Crippen molar-refractivity contribution in [2.75, 3.05) is 6.54 Å². The van der Waals surface area contributed by atoms with E-state index < -0.39 is 11.6 Å². The number of hydrogen-bond acceptors (Lipinski definition) is 3. The summed E-state index contributed by atoms with van der Waals surface area (Å²) < 4.78 is 5.45. The Kier molecular flexibility index (Phi) is 8.63. The number of nitrogens with one attached hydrogen (secondary N) is 1. The average Bonchev–Trinajstić information content (AvgIpc) is 2.56. The van der Waals surface area contributed by atoms with Gasteiger partial charge in [-0.1, -0.05) is 23.7 Å². The molecule has 0 saturated carbocycles. The molecule has 2 aromatic carbocycles. The minimum absolute atomic E-state index is 0. The molecule has 7 heteroatoms. The number of amides is 1. The van der Waals surface area contributed by atoms with Crippen molar-refractivity contribution in [3.63, 3.8) is 0 Å². The quantitative estimate of drug-likeness (QED) is 0.718. The van der Waals surface area contributed by atoms with Crippen LogP contribution in [0.2, 0.25) is 5.02 Å². The van der Waals surface area contributed by atoms with Gasteiger partial charge in [0.05, 0.1) is 0 Å². The summed E-state index contributed by atoms with van der Waals surface area (Å²) in [4.78, 5) is 23.1. The van der Waals surface area contributed by atoms with Crippen molar-refractivity contribution in [1.29, 1.82) is 0 Å². The molecule has 0 aliphatic heterocycles. The molecular formula is C19H21ClNNaO4. The van der Waals surface area contributed by atoms with Gasteiger partial charge in [0.2, 0.25) is 0 Å². The van der Waals surface area contributed by atoms with Crippen molar-refractivity contribution in [3.05, 3.63) is 64.7 Å². The van der Waals surface area contributed by atoms with Crippen LogP contribution in [0.4, 0.5) is 0 Å². The van der Waals surface area contributed by atoms with Crippen LogP contribution in [0.1, 0.15) is 29.8 Å². The summed E-state index contributed by atoms with van der Waals surface area (Å²) in [7, 11) is 0. The van der Waals surface area contributed by atoms with Crippen molar-refractivity contribution < 1.29 is 19.4 Å². The molecule has 0 radical (unpaired) electrons. The standard InChI is InChI=1S/C19H20ClNO4.Na.H/c1-19(2,18(23)24)25-16-9-3-13(4-10-16)11-12-21-17(22)14-5-7-15(20)8-6-14;;/h3-10H,11-12H2,1-2H3,(H,21,22)(H,23,24);;. The van der Waals surface area contributed by atoms with E-state index in [-0.39, 0.29) is 35.5 Å². The normalized spacial score (nSPS) is 10.6. The van der Waals surface area contributed by atoms with Crippen LogP contribution >= 0.6 is 11.6 Å². The Labute approximate surface area is 180 Å². The van der Waals surface area contributed by atoms with Gasteiger partial charge in [0, 0.05) is 17.1 Å². The van der Waals surface area contributed by atoms with Crippen LogP contribution in [0.5, 0.6) is 5.75 Å². The summed E-state index contributed by atoms with van der Waals surface area (Å²) in [6.45, 7) is 3.48. The fourth-order valence-corrected chi connectivity index (χ4v) is 2.21. The summed E-state index contributed by atoms with van der Waals surface area (Å²) in [5.74, 6) is -0.692. The van der Waals surface area contributed by atoms with Gasteiger partial charge in [-0.05, 0) is 62.2 Å².